The maximum Gasteiger partial charge on any atom is 0.330 e. The van der Waals surface area contributed by atoms with Crippen molar-refractivity contribution >= 4 is 5.97 Å². The van der Waals surface area contributed by atoms with Gasteiger partial charge in [0.25, 0.3) is 0 Å². The molecule has 4 heteroatoms. The second-order valence-corrected chi connectivity index (χ2v) is 4.25. The van der Waals surface area contributed by atoms with E-state index in [1.165, 1.54) is 0 Å². The van der Waals surface area contributed by atoms with Gasteiger partial charge in [0, 0.05) is 18.7 Å². The summed E-state index contributed by atoms with van der Waals surface area (Å²) in [4.78, 5) is 10.5. The molecule has 1 fully saturated rings. The summed E-state index contributed by atoms with van der Waals surface area (Å²) in [5.74, 6) is -0.892. The van der Waals surface area contributed by atoms with Crippen molar-refractivity contribution in [2.24, 2.45) is 0 Å². The van der Waals surface area contributed by atoms with Crippen LogP contribution < -0.4 is 5.32 Å². The molecule has 0 aliphatic heterocycles. The molecule has 0 atom stereocenters. The molecule has 0 unspecified atom stereocenters. The highest BCUT2D eigenvalue weighted by Crippen LogP contribution is 2.28. The average Bonchev–Trinajstić information content (AvgIpc) is 2.60. The molecule has 1 rings (SSSR count). The van der Waals surface area contributed by atoms with Crippen LogP contribution in [0.25, 0.3) is 0 Å². The molecule has 3 N–H and O–H groups in total. The third-order valence-corrected chi connectivity index (χ3v) is 2.88. The standard InChI is InChI=1S/C11H19NO3/c1-9(10(13)14)4-7-12-8-11(15)5-2-3-6-11/h4,12,15H,2-3,5-8H2,1H3,(H,13,14). The molecule has 4 nitrogen and oxygen atoms in total. The Balaban J connectivity index is 2.21. The SMILES string of the molecule is CC(=CCNCC1(O)CCCC1)C(=O)O. The van der Waals surface area contributed by atoms with Crippen LogP contribution in [0.15, 0.2) is 11.6 Å². The van der Waals surface area contributed by atoms with E-state index in [0.717, 1.165) is 25.7 Å². The van der Waals surface area contributed by atoms with Crippen molar-refractivity contribution in [2.45, 2.75) is 38.2 Å². The number of aliphatic hydroxyl groups is 1. The number of hydrogen-bond acceptors (Lipinski definition) is 3. The molecule has 0 radical (unpaired) electrons. The number of aliphatic carboxylic acids is 1. The highest BCUT2D eigenvalue weighted by atomic mass is 16.4. The monoisotopic (exact) mass is 213 g/mol. The predicted octanol–water partition coefficient (Wildman–Crippen LogP) is 0.912. The first-order chi connectivity index (χ1) is 7.03. The Kier molecular flexibility index (Phi) is 4.29. The van der Waals surface area contributed by atoms with Gasteiger partial charge in [0.05, 0.1) is 5.60 Å². The van der Waals surface area contributed by atoms with Crippen molar-refractivity contribution in [3.05, 3.63) is 11.6 Å². The van der Waals surface area contributed by atoms with Crippen LogP contribution >= 0.6 is 0 Å². The molecular formula is C11H19NO3. The van der Waals surface area contributed by atoms with E-state index in [2.05, 4.69) is 5.32 Å². The van der Waals surface area contributed by atoms with Crippen molar-refractivity contribution in [1.82, 2.24) is 5.32 Å². The largest absolute Gasteiger partial charge is 0.478 e. The Morgan fingerprint density at radius 3 is 2.60 bits per heavy atom. The van der Waals surface area contributed by atoms with E-state index in [9.17, 15) is 9.90 Å². The minimum atomic E-state index is -0.892. The summed E-state index contributed by atoms with van der Waals surface area (Å²) in [7, 11) is 0. The van der Waals surface area contributed by atoms with Gasteiger partial charge in [-0.25, -0.2) is 4.79 Å². The number of carbonyl (C=O) groups is 1. The highest BCUT2D eigenvalue weighted by molar-refractivity contribution is 5.85. The van der Waals surface area contributed by atoms with Gasteiger partial charge in [0.15, 0.2) is 0 Å². The Hall–Kier alpha value is -0.870. The van der Waals surface area contributed by atoms with Gasteiger partial charge in [-0.05, 0) is 19.8 Å². The Bertz CT molecular complexity index is 255. The molecule has 15 heavy (non-hydrogen) atoms. The zero-order chi connectivity index (χ0) is 11.3. The van der Waals surface area contributed by atoms with E-state index in [4.69, 9.17) is 5.11 Å². The second-order valence-electron chi connectivity index (χ2n) is 4.25. The summed E-state index contributed by atoms with van der Waals surface area (Å²) in [5, 5.41) is 21.6. The Labute approximate surface area is 90.0 Å². The van der Waals surface area contributed by atoms with E-state index in [-0.39, 0.29) is 0 Å². The number of carboxylic acid groups (broad SMARTS) is 1. The molecule has 86 valence electrons. The molecule has 0 aromatic carbocycles. The zero-order valence-corrected chi connectivity index (χ0v) is 9.12. The first-order valence-electron chi connectivity index (χ1n) is 5.37. The van der Waals surface area contributed by atoms with E-state index in [1.807, 2.05) is 0 Å². The summed E-state index contributed by atoms with van der Waals surface area (Å²) < 4.78 is 0. The lowest BCUT2D eigenvalue weighted by Gasteiger charge is -2.21. The minimum absolute atomic E-state index is 0.334. The average molecular weight is 213 g/mol. The van der Waals surface area contributed by atoms with Gasteiger partial charge in [-0.3, -0.25) is 0 Å². The van der Waals surface area contributed by atoms with Gasteiger partial charge in [-0.15, -0.1) is 0 Å². The molecule has 0 spiro atoms. The van der Waals surface area contributed by atoms with Gasteiger partial charge in [0.1, 0.15) is 0 Å². The maximum atomic E-state index is 10.5. The lowest BCUT2D eigenvalue weighted by molar-refractivity contribution is -0.132. The molecule has 0 heterocycles. The number of nitrogens with one attached hydrogen (secondary N) is 1. The van der Waals surface area contributed by atoms with Crippen LogP contribution in [-0.2, 0) is 4.79 Å². The van der Waals surface area contributed by atoms with Crippen molar-refractivity contribution in [2.75, 3.05) is 13.1 Å². The smallest absolute Gasteiger partial charge is 0.330 e. The van der Waals surface area contributed by atoms with E-state index < -0.39 is 11.6 Å². The summed E-state index contributed by atoms with van der Waals surface area (Å²) in [6, 6.07) is 0. The van der Waals surface area contributed by atoms with E-state index in [1.54, 1.807) is 13.0 Å². The van der Waals surface area contributed by atoms with Crippen molar-refractivity contribution in [1.29, 1.82) is 0 Å². The second kappa shape index (κ2) is 5.28. The molecular weight excluding hydrogens is 194 g/mol. The molecule has 0 aromatic heterocycles. The third-order valence-electron chi connectivity index (χ3n) is 2.88. The van der Waals surface area contributed by atoms with E-state index >= 15 is 0 Å². The first kappa shape index (κ1) is 12.2. The third kappa shape index (κ3) is 4.01. The van der Waals surface area contributed by atoms with Gasteiger partial charge >= 0.3 is 5.97 Å². The predicted molar refractivity (Wildman–Crippen MR) is 57.7 cm³/mol. The lowest BCUT2D eigenvalue weighted by atomic mass is 10.0. The molecule has 0 amide bonds. The summed E-state index contributed by atoms with van der Waals surface area (Å²) >= 11 is 0. The quantitative estimate of drug-likeness (QED) is 0.469. The lowest BCUT2D eigenvalue weighted by Crippen LogP contribution is -2.38. The van der Waals surface area contributed by atoms with Crippen LogP contribution in [0.4, 0.5) is 0 Å². The van der Waals surface area contributed by atoms with Crippen molar-refractivity contribution < 1.29 is 15.0 Å². The molecule has 0 bridgehead atoms. The maximum absolute atomic E-state index is 10.5. The van der Waals surface area contributed by atoms with Crippen LogP contribution in [0.5, 0.6) is 0 Å². The number of hydrogen-bond donors (Lipinski definition) is 3. The van der Waals surface area contributed by atoms with Gasteiger partial charge in [-0.1, -0.05) is 18.9 Å². The van der Waals surface area contributed by atoms with Crippen LogP contribution in [0, 0.1) is 0 Å². The van der Waals surface area contributed by atoms with Crippen LogP contribution in [0.1, 0.15) is 32.6 Å². The Morgan fingerprint density at radius 1 is 1.47 bits per heavy atom. The van der Waals surface area contributed by atoms with Crippen LogP contribution in [0.2, 0.25) is 0 Å². The molecule has 1 aliphatic carbocycles. The van der Waals surface area contributed by atoms with Gasteiger partial charge in [-0.2, -0.15) is 0 Å². The van der Waals surface area contributed by atoms with Crippen molar-refractivity contribution in [3.63, 3.8) is 0 Å². The first-order valence-corrected chi connectivity index (χ1v) is 5.37. The van der Waals surface area contributed by atoms with E-state index in [0.29, 0.717) is 18.7 Å². The number of carboxylic acids is 1. The fourth-order valence-electron chi connectivity index (χ4n) is 1.83. The highest BCUT2D eigenvalue weighted by Gasteiger charge is 2.30. The number of rotatable bonds is 5. The zero-order valence-electron chi connectivity index (χ0n) is 9.12. The van der Waals surface area contributed by atoms with Gasteiger partial charge in [0.2, 0.25) is 0 Å². The fourth-order valence-corrected chi connectivity index (χ4v) is 1.83. The molecule has 1 aliphatic rings. The molecule has 1 saturated carbocycles. The normalized spacial score (nSPS) is 20.5. The minimum Gasteiger partial charge on any atom is -0.478 e. The van der Waals surface area contributed by atoms with Crippen molar-refractivity contribution in [3.8, 4) is 0 Å². The fraction of sp³-hybridized carbons (Fsp3) is 0.727. The van der Waals surface area contributed by atoms with Crippen LogP contribution in [-0.4, -0.2) is 34.9 Å². The summed E-state index contributed by atoms with van der Waals surface area (Å²) in [6.45, 7) is 2.62. The molecule has 0 aromatic rings. The summed E-state index contributed by atoms with van der Waals surface area (Å²) in [5.41, 5.74) is -0.230. The summed E-state index contributed by atoms with van der Waals surface area (Å²) in [6.07, 6.45) is 5.49. The molecule has 0 saturated heterocycles. The van der Waals surface area contributed by atoms with Gasteiger partial charge < -0.3 is 15.5 Å². The topological polar surface area (TPSA) is 69.6 Å². The Morgan fingerprint density at radius 2 is 2.07 bits per heavy atom. The van der Waals surface area contributed by atoms with Crippen LogP contribution in [0.3, 0.4) is 0 Å².